The van der Waals surface area contributed by atoms with Crippen LogP contribution >= 0.6 is 0 Å². The Hall–Kier alpha value is -1.61. The highest BCUT2D eigenvalue weighted by Crippen LogP contribution is 2.27. The van der Waals surface area contributed by atoms with E-state index in [1.54, 1.807) is 0 Å². The zero-order valence-corrected chi connectivity index (χ0v) is 11.7. The number of fused-ring (bicyclic) bond motifs is 1. The Morgan fingerprint density at radius 3 is 2.74 bits per heavy atom. The van der Waals surface area contributed by atoms with E-state index >= 15 is 0 Å². The van der Waals surface area contributed by atoms with Gasteiger partial charge >= 0.3 is 0 Å². The van der Waals surface area contributed by atoms with Crippen molar-refractivity contribution in [2.24, 2.45) is 5.73 Å². The van der Waals surface area contributed by atoms with Crippen LogP contribution in [0.4, 0.5) is 0 Å². The van der Waals surface area contributed by atoms with Crippen LogP contribution in [0.25, 0.3) is 11.4 Å². The number of nitrogens with two attached hydrogens (primary N) is 1. The third-order valence-electron chi connectivity index (χ3n) is 4.06. The van der Waals surface area contributed by atoms with Crippen molar-refractivity contribution in [1.29, 1.82) is 0 Å². The van der Waals surface area contributed by atoms with Gasteiger partial charge in [-0.25, -0.2) is 4.98 Å². The molecule has 1 aliphatic heterocycles. The van der Waals surface area contributed by atoms with Crippen LogP contribution in [-0.4, -0.2) is 15.6 Å². The molecule has 1 aliphatic rings. The van der Waals surface area contributed by atoms with Crippen LogP contribution in [0, 0.1) is 6.92 Å². The van der Waals surface area contributed by atoms with E-state index < -0.39 is 0 Å². The molecule has 2 heterocycles. The number of aromatic nitrogens is 2. The van der Waals surface area contributed by atoms with Gasteiger partial charge in [-0.15, -0.1) is 0 Å². The maximum atomic E-state index is 6.10. The number of hydrogen-bond donors (Lipinski definition) is 1. The summed E-state index contributed by atoms with van der Waals surface area (Å²) in [5, 5.41) is 0. The smallest absolute Gasteiger partial charge is 0.140 e. The summed E-state index contributed by atoms with van der Waals surface area (Å²) in [6.07, 6.45) is 3.19. The van der Waals surface area contributed by atoms with Crippen LogP contribution in [0.3, 0.4) is 0 Å². The SMILES string of the molecule is CCc1ccc(-c2nc(C)c3n2CC(N)CC3)cc1. The van der Waals surface area contributed by atoms with Crippen molar-refractivity contribution in [2.45, 2.75) is 45.7 Å². The van der Waals surface area contributed by atoms with Crippen LogP contribution in [-0.2, 0) is 19.4 Å². The minimum Gasteiger partial charge on any atom is -0.326 e. The molecule has 3 heteroatoms. The minimum absolute atomic E-state index is 0.259. The van der Waals surface area contributed by atoms with Crippen molar-refractivity contribution in [3.05, 3.63) is 41.2 Å². The molecule has 0 saturated heterocycles. The number of nitrogens with zero attached hydrogens (tertiary/aromatic N) is 2. The molecular formula is C16H21N3. The summed E-state index contributed by atoms with van der Waals surface area (Å²) in [7, 11) is 0. The average Bonchev–Trinajstić information content (AvgIpc) is 2.75. The third kappa shape index (κ3) is 2.19. The molecule has 0 spiro atoms. The molecule has 19 heavy (non-hydrogen) atoms. The normalized spacial score (nSPS) is 18.4. The molecular weight excluding hydrogens is 234 g/mol. The van der Waals surface area contributed by atoms with Crippen LogP contribution in [0.2, 0.25) is 0 Å². The molecule has 1 aromatic carbocycles. The maximum Gasteiger partial charge on any atom is 0.140 e. The van der Waals surface area contributed by atoms with Gasteiger partial charge in [0.05, 0.1) is 5.69 Å². The summed E-state index contributed by atoms with van der Waals surface area (Å²) in [4.78, 5) is 4.76. The summed E-state index contributed by atoms with van der Waals surface area (Å²) >= 11 is 0. The zero-order valence-electron chi connectivity index (χ0n) is 11.7. The largest absolute Gasteiger partial charge is 0.326 e. The maximum absolute atomic E-state index is 6.10. The lowest BCUT2D eigenvalue weighted by atomic mass is 10.0. The molecule has 0 amide bonds. The van der Waals surface area contributed by atoms with E-state index in [0.717, 1.165) is 37.3 Å². The number of hydrogen-bond acceptors (Lipinski definition) is 2. The van der Waals surface area contributed by atoms with Gasteiger partial charge in [0.25, 0.3) is 0 Å². The molecule has 0 radical (unpaired) electrons. The van der Waals surface area contributed by atoms with Crippen LogP contribution in [0.5, 0.6) is 0 Å². The Labute approximate surface area is 114 Å². The lowest BCUT2D eigenvalue weighted by Crippen LogP contribution is -2.32. The third-order valence-corrected chi connectivity index (χ3v) is 4.06. The standard InChI is InChI=1S/C16H21N3/c1-3-12-4-6-13(7-5-12)16-18-11(2)15-9-8-14(17)10-19(15)16/h4-7,14H,3,8-10,17H2,1-2H3. The average molecular weight is 255 g/mol. The summed E-state index contributed by atoms with van der Waals surface area (Å²) in [6, 6.07) is 8.99. The lowest BCUT2D eigenvalue weighted by Gasteiger charge is -2.22. The van der Waals surface area contributed by atoms with E-state index in [9.17, 15) is 0 Å². The van der Waals surface area contributed by atoms with Gasteiger partial charge in [0.1, 0.15) is 5.82 Å². The van der Waals surface area contributed by atoms with Gasteiger partial charge in [0, 0.05) is 23.8 Å². The quantitative estimate of drug-likeness (QED) is 0.896. The molecule has 0 bridgehead atoms. The van der Waals surface area contributed by atoms with Crippen molar-refractivity contribution in [1.82, 2.24) is 9.55 Å². The van der Waals surface area contributed by atoms with Crippen LogP contribution in [0.1, 0.15) is 30.3 Å². The number of imidazole rings is 1. The van der Waals surface area contributed by atoms with Gasteiger partial charge in [0.2, 0.25) is 0 Å². The monoisotopic (exact) mass is 255 g/mol. The highest BCUT2D eigenvalue weighted by molar-refractivity contribution is 5.58. The van der Waals surface area contributed by atoms with Crippen LogP contribution < -0.4 is 5.73 Å². The van der Waals surface area contributed by atoms with Gasteiger partial charge in [-0.05, 0) is 31.7 Å². The topological polar surface area (TPSA) is 43.8 Å². The molecule has 0 fully saturated rings. The van der Waals surface area contributed by atoms with Gasteiger partial charge in [-0.2, -0.15) is 0 Å². The number of rotatable bonds is 2. The summed E-state index contributed by atoms with van der Waals surface area (Å²) in [5.74, 6) is 1.07. The molecule has 1 aromatic heterocycles. The Bertz CT molecular complexity index is 581. The fourth-order valence-corrected chi connectivity index (χ4v) is 2.88. The molecule has 1 atom stereocenters. The van der Waals surface area contributed by atoms with E-state index in [1.165, 1.54) is 16.8 Å². The minimum atomic E-state index is 0.259. The second-order valence-electron chi connectivity index (χ2n) is 5.43. The summed E-state index contributed by atoms with van der Waals surface area (Å²) in [5.41, 5.74) is 11.2. The second-order valence-corrected chi connectivity index (χ2v) is 5.43. The summed E-state index contributed by atoms with van der Waals surface area (Å²) < 4.78 is 2.31. The lowest BCUT2D eigenvalue weighted by molar-refractivity contribution is 0.462. The van der Waals surface area contributed by atoms with Gasteiger partial charge < -0.3 is 10.3 Å². The van der Waals surface area contributed by atoms with Gasteiger partial charge in [0.15, 0.2) is 0 Å². The van der Waals surface area contributed by atoms with E-state index in [4.69, 9.17) is 10.7 Å². The Morgan fingerprint density at radius 2 is 2.05 bits per heavy atom. The predicted octanol–water partition coefficient (Wildman–Crippen LogP) is 2.69. The highest BCUT2D eigenvalue weighted by Gasteiger charge is 2.22. The fraction of sp³-hybridized carbons (Fsp3) is 0.438. The molecule has 0 aliphatic carbocycles. The molecule has 1 unspecified atom stereocenters. The van der Waals surface area contributed by atoms with E-state index in [0.29, 0.717) is 0 Å². The van der Waals surface area contributed by atoms with Crippen molar-refractivity contribution < 1.29 is 0 Å². The molecule has 3 rings (SSSR count). The Morgan fingerprint density at radius 1 is 1.32 bits per heavy atom. The molecule has 2 N–H and O–H groups in total. The second kappa shape index (κ2) is 4.82. The Balaban J connectivity index is 2.04. The predicted molar refractivity (Wildman–Crippen MR) is 78.1 cm³/mol. The fourth-order valence-electron chi connectivity index (χ4n) is 2.88. The first-order valence-corrected chi connectivity index (χ1v) is 7.10. The Kier molecular flexibility index (Phi) is 3.15. The first-order valence-electron chi connectivity index (χ1n) is 7.10. The van der Waals surface area contributed by atoms with Crippen molar-refractivity contribution in [2.75, 3.05) is 0 Å². The first-order chi connectivity index (χ1) is 9.19. The van der Waals surface area contributed by atoms with Crippen molar-refractivity contribution in [3.8, 4) is 11.4 Å². The highest BCUT2D eigenvalue weighted by atomic mass is 15.1. The number of benzene rings is 1. The number of aryl methyl sites for hydroxylation is 2. The molecule has 0 saturated carbocycles. The van der Waals surface area contributed by atoms with E-state index in [-0.39, 0.29) is 6.04 Å². The van der Waals surface area contributed by atoms with Crippen LogP contribution in [0.15, 0.2) is 24.3 Å². The van der Waals surface area contributed by atoms with E-state index in [2.05, 4.69) is 42.7 Å². The molecule has 2 aromatic rings. The van der Waals surface area contributed by atoms with E-state index in [1.807, 2.05) is 0 Å². The van der Waals surface area contributed by atoms with Gasteiger partial charge in [-0.1, -0.05) is 31.2 Å². The molecule has 3 nitrogen and oxygen atoms in total. The zero-order chi connectivity index (χ0) is 13.4. The first kappa shape index (κ1) is 12.4. The van der Waals surface area contributed by atoms with Crippen molar-refractivity contribution >= 4 is 0 Å². The summed E-state index contributed by atoms with van der Waals surface area (Å²) in [6.45, 7) is 5.17. The molecule has 100 valence electrons. The van der Waals surface area contributed by atoms with Crippen molar-refractivity contribution in [3.63, 3.8) is 0 Å². The van der Waals surface area contributed by atoms with Gasteiger partial charge in [-0.3, -0.25) is 0 Å².